The van der Waals surface area contributed by atoms with E-state index >= 15 is 0 Å². The first kappa shape index (κ1) is 11.4. The highest BCUT2D eigenvalue weighted by Crippen LogP contribution is 2.19. The molecule has 0 spiro atoms. The number of nitrogens with one attached hydrogen (secondary N) is 1. The monoisotopic (exact) mass is 243 g/mol. The molecule has 0 aliphatic heterocycles. The van der Waals surface area contributed by atoms with E-state index in [9.17, 15) is 0 Å². The van der Waals surface area contributed by atoms with Gasteiger partial charge in [0, 0.05) is 24.6 Å². The van der Waals surface area contributed by atoms with Gasteiger partial charge in [0.05, 0.1) is 0 Å². The van der Waals surface area contributed by atoms with E-state index in [0.29, 0.717) is 11.8 Å². The fourth-order valence-electron chi connectivity index (χ4n) is 1.84. The Balaban J connectivity index is 1.62. The van der Waals surface area contributed by atoms with Crippen molar-refractivity contribution in [3.8, 4) is 11.5 Å². The fraction of sp³-hybridized carbons (Fsp3) is 0.429. The van der Waals surface area contributed by atoms with Gasteiger partial charge in [0.15, 0.2) is 0 Å². The Morgan fingerprint density at radius 1 is 1.22 bits per heavy atom. The van der Waals surface area contributed by atoms with E-state index in [4.69, 9.17) is 4.42 Å². The van der Waals surface area contributed by atoms with Crippen molar-refractivity contribution in [1.29, 1.82) is 0 Å². The third-order valence-electron chi connectivity index (χ3n) is 3.11. The van der Waals surface area contributed by atoms with Crippen LogP contribution >= 0.6 is 0 Å². The number of hydrogen-bond donors (Lipinski definition) is 1. The zero-order chi connectivity index (χ0) is 12.4. The average Bonchev–Trinajstić information content (AvgIpc) is 3.08. The second-order valence-electron chi connectivity index (χ2n) is 4.85. The SMILES string of the molecule is Cc1ccc(-c2nnc(CCNC3CC3)o2)cc1. The summed E-state index contributed by atoms with van der Waals surface area (Å²) in [6.07, 6.45) is 3.41. The second kappa shape index (κ2) is 4.90. The third-order valence-corrected chi connectivity index (χ3v) is 3.11. The lowest BCUT2D eigenvalue weighted by Crippen LogP contribution is -2.19. The summed E-state index contributed by atoms with van der Waals surface area (Å²) in [5.74, 6) is 1.31. The van der Waals surface area contributed by atoms with Crippen LogP contribution in [0.25, 0.3) is 11.5 Å². The van der Waals surface area contributed by atoms with E-state index in [1.807, 2.05) is 24.3 Å². The number of hydrogen-bond acceptors (Lipinski definition) is 4. The molecule has 1 saturated carbocycles. The Bertz CT molecular complexity index is 514. The molecule has 1 aromatic carbocycles. The molecule has 18 heavy (non-hydrogen) atoms. The molecule has 0 bridgehead atoms. The van der Waals surface area contributed by atoms with Gasteiger partial charge in [-0.05, 0) is 31.9 Å². The Morgan fingerprint density at radius 3 is 2.72 bits per heavy atom. The van der Waals surface area contributed by atoms with Crippen LogP contribution in [0, 0.1) is 6.92 Å². The number of aryl methyl sites for hydroxylation is 1. The van der Waals surface area contributed by atoms with Crippen LogP contribution in [0.5, 0.6) is 0 Å². The maximum absolute atomic E-state index is 5.65. The summed E-state index contributed by atoms with van der Waals surface area (Å²) in [6.45, 7) is 2.98. The molecular formula is C14H17N3O. The predicted molar refractivity (Wildman–Crippen MR) is 69.2 cm³/mol. The summed E-state index contributed by atoms with van der Waals surface area (Å²) in [7, 11) is 0. The van der Waals surface area contributed by atoms with Crippen molar-refractivity contribution < 1.29 is 4.42 Å². The first-order chi connectivity index (χ1) is 8.81. The highest BCUT2D eigenvalue weighted by atomic mass is 16.4. The first-order valence-electron chi connectivity index (χ1n) is 6.44. The molecular weight excluding hydrogens is 226 g/mol. The molecule has 1 fully saturated rings. The standard InChI is InChI=1S/C14H17N3O/c1-10-2-4-11(5-3-10)14-17-16-13(18-14)8-9-15-12-6-7-12/h2-5,12,15H,6-9H2,1H3. The topological polar surface area (TPSA) is 51.0 Å². The van der Waals surface area contributed by atoms with Gasteiger partial charge >= 0.3 is 0 Å². The quantitative estimate of drug-likeness (QED) is 0.875. The lowest BCUT2D eigenvalue weighted by molar-refractivity contribution is 0.494. The zero-order valence-corrected chi connectivity index (χ0v) is 10.5. The summed E-state index contributed by atoms with van der Waals surface area (Å²) in [4.78, 5) is 0. The Hall–Kier alpha value is -1.68. The van der Waals surface area contributed by atoms with Gasteiger partial charge in [-0.15, -0.1) is 10.2 Å². The van der Waals surface area contributed by atoms with Crippen LogP contribution in [-0.2, 0) is 6.42 Å². The van der Waals surface area contributed by atoms with E-state index in [1.165, 1.54) is 18.4 Å². The van der Waals surface area contributed by atoms with Crippen LogP contribution in [0.2, 0.25) is 0 Å². The zero-order valence-electron chi connectivity index (χ0n) is 10.5. The fourth-order valence-corrected chi connectivity index (χ4v) is 1.84. The van der Waals surface area contributed by atoms with Crippen molar-refractivity contribution in [2.24, 2.45) is 0 Å². The first-order valence-corrected chi connectivity index (χ1v) is 6.44. The largest absolute Gasteiger partial charge is 0.421 e. The molecule has 3 rings (SSSR count). The third kappa shape index (κ3) is 2.76. The minimum absolute atomic E-state index is 0.608. The Kier molecular flexibility index (Phi) is 3.11. The molecule has 94 valence electrons. The molecule has 0 amide bonds. The summed E-state index contributed by atoms with van der Waals surface area (Å²) in [6, 6.07) is 8.84. The van der Waals surface area contributed by atoms with Crippen LogP contribution in [-0.4, -0.2) is 22.8 Å². The lowest BCUT2D eigenvalue weighted by atomic mass is 10.1. The van der Waals surface area contributed by atoms with E-state index in [2.05, 4.69) is 22.4 Å². The molecule has 1 aromatic heterocycles. The van der Waals surface area contributed by atoms with Crippen LogP contribution in [0.3, 0.4) is 0 Å². The molecule has 1 aliphatic carbocycles. The Morgan fingerprint density at radius 2 is 2.00 bits per heavy atom. The minimum atomic E-state index is 0.608. The van der Waals surface area contributed by atoms with Gasteiger partial charge in [0.1, 0.15) is 0 Å². The second-order valence-corrected chi connectivity index (χ2v) is 4.85. The van der Waals surface area contributed by atoms with Gasteiger partial charge in [-0.25, -0.2) is 0 Å². The van der Waals surface area contributed by atoms with Crippen LogP contribution in [0.4, 0.5) is 0 Å². The van der Waals surface area contributed by atoms with Crippen LogP contribution in [0.15, 0.2) is 28.7 Å². The maximum atomic E-state index is 5.65. The molecule has 0 unspecified atom stereocenters. The molecule has 1 heterocycles. The maximum Gasteiger partial charge on any atom is 0.247 e. The predicted octanol–water partition coefficient (Wildman–Crippen LogP) is 2.34. The normalized spacial score (nSPS) is 14.9. The van der Waals surface area contributed by atoms with Crippen LogP contribution in [0.1, 0.15) is 24.3 Å². The van der Waals surface area contributed by atoms with Crippen molar-refractivity contribution in [1.82, 2.24) is 15.5 Å². The lowest BCUT2D eigenvalue weighted by Gasteiger charge is -1.98. The van der Waals surface area contributed by atoms with Crippen molar-refractivity contribution in [3.63, 3.8) is 0 Å². The highest BCUT2D eigenvalue weighted by molar-refractivity contribution is 5.52. The molecule has 0 atom stereocenters. The molecule has 4 heteroatoms. The smallest absolute Gasteiger partial charge is 0.247 e. The van der Waals surface area contributed by atoms with E-state index < -0.39 is 0 Å². The van der Waals surface area contributed by atoms with Crippen LogP contribution < -0.4 is 5.32 Å². The van der Waals surface area contributed by atoms with E-state index in [0.717, 1.165) is 24.6 Å². The van der Waals surface area contributed by atoms with Gasteiger partial charge < -0.3 is 9.73 Å². The number of benzene rings is 1. The number of nitrogens with zero attached hydrogens (tertiary/aromatic N) is 2. The van der Waals surface area contributed by atoms with Crippen molar-refractivity contribution in [2.75, 3.05) is 6.54 Å². The van der Waals surface area contributed by atoms with Gasteiger partial charge in [0.2, 0.25) is 11.8 Å². The molecule has 1 N–H and O–H groups in total. The highest BCUT2D eigenvalue weighted by Gasteiger charge is 2.20. The van der Waals surface area contributed by atoms with Gasteiger partial charge in [-0.1, -0.05) is 17.7 Å². The summed E-state index contributed by atoms with van der Waals surface area (Å²) >= 11 is 0. The summed E-state index contributed by atoms with van der Waals surface area (Å²) in [5.41, 5.74) is 2.21. The number of rotatable bonds is 5. The van der Waals surface area contributed by atoms with Crippen molar-refractivity contribution in [3.05, 3.63) is 35.7 Å². The van der Waals surface area contributed by atoms with Gasteiger partial charge in [-0.2, -0.15) is 0 Å². The minimum Gasteiger partial charge on any atom is -0.421 e. The van der Waals surface area contributed by atoms with Gasteiger partial charge in [-0.3, -0.25) is 0 Å². The average molecular weight is 243 g/mol. The van der Waals surface area contributed by atoms with Crippen molar-refractivity contribution in [2.45, 2.75) is 32.2 Å². The van der Waals surface area contributed by atoms with E-state index in [1.54, 1.807) is 0 Å². The molecule has 0 saturated heterocycles. The Labute approximate surface area is 106 Å². The molecule has 0 radical (unpaired) electrons. The summed E-state index contributed by atoms with van der Waals surface area (Å²) in [5, 5.41) is 11.6. The molecule has 1 aliphatic rings. The van der Waals surface area contributed by atoms with Gasteiger partial charge in [0.25, 0.3) is 0 Å². The number of aromatic nitrogens is 2. The molecule has 2 aromatic rings. The molecule has 4 nitrogen and oxygen atoms in total. The van der Waals surface area contributed by atoms with Crippen molar-refractivity contribution >= 4 is 0 Å². The van der Waals surface area contributed by atoms with E-state index in [-0.39, 0.29) is 0 Å². The summed E-state index contributed by atoms with van der Waals surface area (Å²) < 4.78 is 5.65.